The Morgan fingerprint density at radius 3 is 2.40 bits per heavy atom. The highest BCUT2D eigenvalue weighted by molar-refractivity contribution is 5.46. The summed E-state index contributed by atoms with van der Waals surface area (Å²) in [6.45, 7) is 3.01. The van der Waals surface area contributed by atoms with E-state index in [1.807, 2.05) is 0 Å². The second-order valence-electron chi connectivity index (χ2n) is 4.30. The fraction of sp³-hybridized carbons (Fsp3) is 0.231. The Hall–Kier alpha value is -2.62. The Bertz CT molecular complexity index is 708. The highest BCUT2D eigenvalue weighted by Gasteiger charge is 2.17. The molecule has 0 aliphatic carbocycles. The predicted octanol–water partition coefficient (Wildman–Crippen LogP) is 3.10. The van der Waals surface area contributed by atoms with Gasteiger partial charge < -0.3 is 0 Å². The van der Waals surface area contributed by atoms with Crippen molar-refractivity contribution >= 4 is 5.69 Å². The summed E-state index contributed by atoms with van der Waals surface area (Å²) < 4.78 is 28.9. The van der Waals surface area contributed by atoms with Gasteiger partial charge in [-0.25, -0.2) is 8.78 Å². The first-order chi connectivity index (χ1) is 9.47. The van der Waals surface area contributed by atoms with Gasteiger partial charge in [-0.1, -0.05) is 0 Å². The molecule has 0 saturated heterocycles. The van der Waals surface area contributed by atoms with Crippen molar-refractivity contribution in [3.8, 4) is 6.07 Å². The molecule has 0 N–H and O–H groups in total. The summed E-state index contributed by atoms with van der Waals surface area (Å²) in [4.78, 5) is 10.6. The number of nitrogens with zero attached hydrogens (tertiary/aromatic N) is 4. The highest BCUT2D eigenvalue weighted by atomic mass is 19.1. The van der Waals surface area contributed by atoms with Gasteiger partial charge in [0.2, 0.25) is 0 Å². The molecule has 1 aromatic heterocycles. The number of rotatable bonds is 3. The molecule has 7 heteroatoms. The molecule has 2 rings (SSSR count). The summed E-state index contributed by atoms with van der Waals surface area (Å²) in [6.07, 6.45) is 0. The first kappa shape index (κ1) is 13.8. The van der Waals surface area contributed by atoms with Crippen molar-refractivity contribution in [2.45, 2.75) is 20.4 Å². The van der Waals surface area contributed by atoms with Gasteiger partial charge in [-0.05, 0) is 31.2 Å². The van der Waals surface area contributed by atoms with Crippen molar-refractivity contribution in [3.63, 3.8) is 0 Å². The van der Waals surface area contributed by atoms with E-state index < -0.39 is 11.6 Å². The molecule has 2 aromatic rings. The summed E-state index contributed by atoms with van der Waals surface area (Å²) >= 11 is 0. The Balaban J connectivity index is 2.46. The second-order valence-corrected chi connectivity index (χ2v) is 4.30. The van der Waals surface area contributed by atoms with Crippen molar-refractivity contribution in [1.82, 2.24) is 9.78 Å². The molecule has 0 fully saturated rings. The van der Waals surface area contributed by atoms with Crippen LogP contribution in [0.2, 0.25) is 0 Å². The van der Waals surface area contributed by atoms with E-state index in [9.17, 15) is 13.7 Å². The smallest absolute Gasteiger partial charge is 0.151 e. The van der Waals surface area contributed by atoms with E-state index in [0.29, 0.717) is 11.4 Å². The van der Waals surface area contributed by atoms with E-state index in [1.165, 1.54) is 4.68 Å². The zero-order valence-corrected chi connectivity index (χ0v) is 10.8. The molecule has 0 aliphatic heterocycles. The van der Waals surface area contributed by atoms with Gasteiger partial charge in [-0.3, -0.25) is 4.68 Å². The maximum Gasteiger partial charge on any atom is 0.151 e. The van der Waals surface area contributed by atoms with Crippen LogP contribution < -0.4 is 0 Å². The van der Waals surface area contributed by atoms with E-state index in [4.69, 9.17) is 5.26 Å². The van der Waals surface area contributed by atoms with Gasteiger partial charge in [0, 0.05) is 5.56 Å². The molecule has 0 aliphatic rings. The summed E-state index contributed by atoms with van der Waals surface area (Å²) in [5, 5.41) is 15.5. The number of halogens is 2. The zero-order valence-electron chi connectivity index (χ0n) is 10.8. The largest absolute Gasteiger partial charge is 0.263 e. The van der Waals surface area contributed by atoms with Crippen LogP contribution in [0.3, 0.4) is 0 Å². The van der Waals surface area contributed by atoms with Gasteiger partial charge >= 0.3 is 0 Å². The Morgan fingerprint density at radius 2 is 1.95 bits per heavy atom. The van der Waals surface area contributed by atoms with Gasteiger partial charge in [-0.2, -0.15) is 10.4 Å². The molecule has 0 unspecified atom stereocenters. The third-order valence-corrected chi connectivity index (χ3v) is 3.01. The quantitative estimate of drug-likeness (QED) is 0.809. The van der Waals surface area contributed by atoms with E-state index in [0.717, 1.165) is 12.1 Å². The standard InChI is InChI=1S/C13H10F2N4O/c1-7-13(18-20)8(2)19(17-7)6-10-11(14)3-9(5-16)4-12(10)15/h3-4H,6H2,1-2H3. The van der Waals surface area contributed by atoms with Gasteiger partial charge in [-0.15, -0.1) is 4.91 Å². The zero-order chi connectivity index (χ0) is 14.9. The summed E-state index contributed by atoms with van der Waals surface area (Å²) in [6, 6.07) is 3.60. The maximum atomic E-state index is 13.8. The number of nitroso groups, excluding NO2 is 1. The monoisotopic (exact) mass is 276 g/mol. The molecule has 0 bridgehead atoms. The third-order valence-electron chi connectivity index (χ3n) is 3.01. The second kappa shape index (κ2) is 5.17. The van der Waals surface area contributed by atoms with Crippen LogP contribution in [0.25, 0.3) is 0 Å². The van der Waals surface area contributed by atoms with Gasteiger partial charge in [0.1, 0.15) is 11.6 Å². The van der Waals surface area contributed by atoms with Crippen molar-refractivity contribution in [2.75, 3.05) is 0 Å². The number of hydrogen-bond donors (Lipinski definition) is 0. The van der Waals surface area contributed by atoms with Crippen molar-refractivity contribution in [1.29, 1.82) is 5.26 Å². The first-order valence-electron chi connectivity index (χ1n) is 5.73. The molecule has 0 saturated carbocycles. The lowest BCUT2D eigenvalue weighted by Gasteiger charge is -2.07. The number of benzene rings is 1. The average molecular weight is 276 g/mol. The van der Waals surface area contributed by atoms with Crippen molar-refractivity contribution < 1.29 is 8.78 Å². The summed E-state index contributed by atoms with van der Waals surface area (Å²) in [7, 11) is 0. The van der Waals surface area contributed by atoms with Gasteiger partial charge in [0.15, 0.2) is 5.69 Å². The predicted molar refractivity (Wildman–Crippen MR) is 67.3 cm³/mol. The number of aromatic nitrogens is 2. The average Bonchev–Trinajstić information content (AvgIpc) is 2.67. The lowest BCUT2D eigenvalue weighted by molar-refractivity contribution is 0.528. The number of nitriles is 1. The summed E-state index contributed by atoms with van der Waals surface area (Å²) in [5.74, 6) is -1.65. The first-order valence-corrected chi connectivity index (χ1v) is 5.73. The number of aryl methyl sites for hydroxylation is 1. The molecular weight excluding hydrogens is 266 g/mol. The van der Waals surface area contributed by atoms with Crippen molar-refractivity contribution in [3.05, 3.63) is 51.2 Å². The van der Waals surface area contributed by atoms with Gasteiger partial charge in [0.25, 0.3) is 0 Å². The van der Waals surface area contributed by atoms with Crippen molar-refractivity contribution in [2.24, 2.45) is 5.18 Å². The van der Waals surface area contributed by atoms with Crippen LogP contribution in [0.5, 0.6) is 0 Å². The molecule has 1 aromatic carbocycles. The Kier molecular flexibility index (Phi) is 3.57. The molecule has 5 nitrogen and oxygen atoms in total. The molecule has 102 valence electrons. The van der Waals surface area contributed by atoms with Crippen LogP contribution >= 0.6 is 0 Å². The van der Waals surface area contributed by atoms with Crippen LogP contribution in [-0.2, 0) is 6.54 Å². The van der Waals surface area contributed by atoms with Crippen LogP contribution in [0.4, 0.5) is 14.5 Å². The van der Waals surface area contributed by atoms with Crippen LogP contribution in [0, 0.1) is 41.7 Å². The van der Waals surface area contributed by atoms with Crippen LogP contribution in [-0.4, -0.2) is 9.78 Å². The Labute approximate surface area is 113 Å². The van der Waals surface area contributed by atoms with Crippen LogP contribution in [0.15, 0.2) is 17.3 Å². The van der Waals surface area contributed by atoms with Gasteiger partial charge in [0.05, 0.1) is 29.6 Å². The minimum Gasteiger partial charge on any atom is -0.263 e. The van der Waals surface area contributed by atoms with E-state index >= 15 is 0 Å². The molecule has 0 radical (unpaired) electrons. The molecule has 0 spiro atoms. The minimum absolute atomic E-state index is 0.0904. The van der Waals surface area contributed by atoms with E-state index in [2.05, 4.69) is 10.3 Å². The molecule has 0 atom stereocenters. The lowest BCUT2D eigenvalue weighted by Crippen LogP contribution is -2.08. The SMILES string of the molecule is Cc1nn(Cc2c(F)cc(C#N)cc2F)c(C)c1N=O. The summed E-state index contributed by atoms with van der Waals surface area (Å²) in [5.41, 5.74) is 0.687. The number of hydrogen-bond acceptors (Lipinski definition) is 4. The Morgan fingerprint density at radius 1 is 1.35 bits per heavy atom. The maximum absolute atomic E-state index is 13.8. The highest BCUT2D eigenvalue weighted by Crippen LogP contribution is 2.24. The fourth-order valence-corrected chi connectivity index (χ4v) is 1.94. The topological polar surface area (TPSA) is 71.0 Å². The van der Waals surface area contributed by atoms with E-state index in [1.54, 1.807) is 19.9 Å². The molecule has 1 heterocycles. The van der Waals surface area contributed by atoms with E-state index in [-0.39, 0.29) is 23.4 Å². The third kappa shape index (κ3) is 2.28. The molecule has 0 amide bonds. The fourth-order valence-electron chi connectivity index (χ4n) is 1.94. The minimum atomic E-state index is -0.824. The normalized spacial score (nSPS) is 10.3. The lowest BCUT2D eigenvalue weighted by atomic mass is 10.1. The molecule has 20 heavy (non-hydrogen) atoms. The van der Waals surface area contributed by atoms with Crippen LogP contribution in [0.1, 0.15) is 22.5 Å². The molecular formula is C13H10F2N4O.